The first-order valence-electron chi connectivity index (χ1n) is 2.91. The van der Waals surface area contributed by atoms with E-state index >= 15 is 0 Å². The van der Waals surface area contributed by atoms with Crippen molar-refractivity contribution < 1.29 is 5.11 Å². The second-order valence-electron chi connectivity index (χ2n) is 1.85. The maximum absolute atomic E-state index is 8.89. The minimum atomic E-state index is 0.298. The van der Waals surface area contributed by atoms with Crippen molar-refractivity contribution in [1.29, 1.82) is 0 Å². The number of rotatable bonds is 2. The molecule has 3 heteroatoms. The van der Waals surface area contributed by atoms with Gasteiger partial charge in [0.25, 0.3) is 0 Å². The molecule has 0 atom stereocenters. The number of phenols is 1. The zero-order chi connectivity index (χ0) is 7.40. The van der Waals surface area contributed by atoms with Crippen molar-refractivity contribution in [2.24, 2.45) is 0 Å². The summed E-state index contributed by atoms with van der Waals surface area (Å²) in [7, 11) is 0. The molecule has 0 spiro atoms. The van der Waals surface area contributed by atoms with Gasteiger partial charge in [0.05, 0.1) is 0 Å². The van der Waals surface area contributed by atoms with Crippen LogP contribution in [0.5, 0.6) is 5.75 Å². The van der Waals surface area contributed by atoms with Crippen LogP contribution in [0.3, 0.4) is 0 Å². The standard InChI is InChI=1S/C7H9NOS/c1-10-8-6-2-4-7(9)5-3-6/h2-5,8-9H,1H3. The summed E-state index contributed by atoms with van der Waals surface area (Å²) < 4.78 is 3.04. The fourth-order valence-electron chi connectivity index (χ4n) is 0.647. The molecule has 0 bridgehead atoms. The van der Waals surface area contributed by atoms with Crippen molar-refractivity contribution in [3.63, 3.8) is 0 Å². The van der Waals surface area contributed by atoms with Crippen LogP contribution in [0.1, 0.15) is 0 Å². The number of hydrogen-bond acceptors (Lipinski definition) is 3. The molecule has 1 aromatic rings. The molecular weight excluding hydrogens is 146 g/mol. The van der Waals surface area contributed by atoms with Gasteiger partial charge in [-0.05, 0) is 24.3 Å². The van der Waals surface area contributed by atoms with Gasteiger partial charge >= 0.3 is 0 Å². The van der Waals surface area contributed by atoms with Gasteiger partial charge in [-0.1, -0.05) is 11.9 Å². The number of phenolic OH excluding ortho intramolecular Hbond substituents is 1. The van der Waals surface area contributed by atoms with Crippen molar-refractivity contribution in [1.82, 2.24) is 0 Å². The summed E-state index contributed by atoms with van der Waals surface area (Å²) in [5.41, 5.74) is 1.00. The summed E-state index contributed by atoms with van der Waals surface area (Å²) >= 11 is 1.53. The van der Waals surface area contributed by atoms with E-state index in [1.165, 1.54) is 11.9 Å². The zero-order valence-corrected chi connectivity index (χ0v) is 6.48. The van der Waals surface area contributed by atoms with Crippen LogP contribution < -0.4 is 4.72 Å². The van der Waals surface area contributed by atoms with Crippen LogP contribution in [0.2, 0.25) is 0 Å². The summed E-state index contributed by atoms with van der Waals surface area (Å²) in [5.74, 6) is 0.298. The smallest absolute Gasteiger partial charge is 0.115 e. The fraction of sp³-hybridized carbons (Fsp3) is 0.143. The molecule has 0 radical (unpaired) electrons. The van der Waals surface area contributed by atoms with E-state index in [1.54, 1.807) is 12.1 Å². The Bertz CT molecular complexity index is 197. The summed E-state index contributed by atoms with van der Waals surface area (Å²) in [5, 5.41) is 8.89. The quantitative estimate of drug-likeness (QED) is 0.506. The second-order valence-corrected chi connectivity index (χ2v) is 2.47. The first-order valence-corrected chi connectivity index (χ1v) is 4.13. The highest BCUT2D eigenvalue weighted by Crippen LogP contribution is 2.15. The van der Waals surface area contributed by atoms with Gasteiger partial charge in [-0.3, -0.25) is 0 Å². The number of benzene rings is 1. The maximum atomic E-state index is 8.89. The van der Waals surface area contributed by atoms with Gasteiger partial charge in [-0.15, -0.1) is 0 Å². The molecule has 2 nitrogen and oxygen atoms in total. The Morgan fingerprint density at radius 1 is 1.30 bits per heavy atom. The largest absolute Gasteiger partial charge is 0.508 e. The molecule has 0 aromatic heterocycles. The predicted molar refractivity (Wildman–Crippen MR) is 45.2 cm³/mol. The van der Waals surface area contributed by atoms with Gasteiger partial charge in [0.1, 0.15) is 5.75 Å². The lowest BCUT2D eigenvalue weighted by atomic mass is 10.3. The average Bonchev–Trinajstić information content (AvgIpc) is 1.95. The van der Waals surface area contributed by atoms with E-state index in [1.807, 2.05) is 18.4 Å². The monoisotopic (exact) mass is 155 g/mol. The first kappa shape index (κ1) is 7.28. The Balaban J connectivity index is 2.69. The van der Waals surface area contributed by atoms with Gasteiger partial charge in [-0.2, -0.15) is 0 Å². The minimum absolute atomic E-state index is 0.298. The number of anilines is 1. The highest BCUT2D eigenvalue weighted by atomic mass is 32.2. The van der Waals surface area contributed by atoms with Crippen molar-refractivity contribution in [3.05, 3.63) is 24.3 Å². The molecule has 1 rings (SSSR count). The van der Waals surface area contributed by atoms with Crippen molar-refractivity contribution in [3.8, 4) is 5.75 Å². The van der Waals surface area contributed by atoms with E-state index < -0.39 is 0 Å². The van der Waals surface area contributed by atoms with Crippen LogP contribution in [-0.2, 0) is 0 Å². The third kappa shape index (κ3) is 1.84. The molecule has 0 unspecified atom stereocenters. The fourth-order valence-corrected chi connectivity index (χ4v) is 1.02. The molecule has 54 valence electrons. The molecule has 0 aliphatic rings. The summed E-state index contributed by atoms with van der Waals surface area (Å²) in [4.78, 5) is 0. The maximum Gasteiger partial charge on any atom is 0.115 e. The van der Waals surface area contributed by atoms with Crippen LogP contribution in [0.15, 0.2) is 24.3 Å². The third-order valence-electron chi connectivity index (χ3n) is 1.09. The number of nitrogens with one attached hydrogen (secondary N) is 1. The minimum Gasteiger partial charge on any atom is -0.508 e. The van der Waals surface area contributed by atoms with Crippen molar-refractivity contribution in [2.75, 3.05) is 11.0 Å². The number of hydrogen-bond donors (Lipinski definition) is 2. The molecule has 0 saturated carbocycles. The molecule has 0 aliphatic carbocycles. The average molecular weight is 155 g/mol. The van der Waals surface area contributed by atoms with Crippen LogP contribution in [0.4, 0.5) is 5.69 Å². The Labute approximate surface area is 64.4 Å². The van der Waals surface area contributed by atoms with E-state index in [9.17, 15) is 0 Å². The molecule has 1 aromatic carbocycles. The Morgan fingerprint density at radius 3 is 2.40 bits per heavy atom. The van der Waals surface area contributed by atoms with Crippen molar-refractivity contribution >= 4 is 17.6 Å². The van der Waals surface area contributed by atoms with E-state index in [4.69, 9.17) is 5.11 Å². The lowest BCUT2D eigenvalue weighted by molar-refractivity contribution is 0.475. The van der Waals surface area contributed by atoms with Gasteiger partial charge in [0.15, 0.2) is 0 Å². The van der Waals surface area contributed by atoms with Gasteiger partial charge in [-0.25, -0.2) is 0 Å². The van der Waals surface area contributed by atoms with E-state index in [0.29, 0.717) is 5.75 Å². The molecule has 0 amide bonds. The Kier molecular flexibility index (Phi) is 2.45. The molecule has 0 aliphatic heterocycles. The van der Waals surface area contributed by atoms with E-state index in [-0.39, 0.29) is 0 Å². The van der Waals surface area contributed by atoms with Gasteiger partial charge in [0.2, 0.25) is 0 Å². The second kappa shape index (κ2) is 3.37. The highest BCUT2D eigenvalue weighted by Gasteiger charge is 1.88. The van der Waals surface area contributed by atoms with Crippen LogP contribution >= 0.6 is 11.9 Å². The molecule has 0 saturated heterocycles. The Hall–Kier alpha value is -0.830. The predicted octanol–water partition coefficient (Wildman–Crippen LogP) is 2.08. The first-order chi connectivity index (χ1) is 4.83. The van der Waals surface area contributed by atoms with Gasteiger partial charge in [0, 0.05) is 11.9 Å². The summed E-state index contributed by atoms with van der Waals surface area (Å²) in [6.07, 6.45) is 1.95. The molecule has 2 N–H and O–H groups in total. The third-order valence-corrected chi connectivity index (χ3v) is 1.53. The topological polar surface area (TPSA) is 32.3 Å². The number of aromatic hydroxyl groups is 1. The van der Waals surface area contributed by atoms with E-state index in [0.717, 1.165) is 5.69 Å². The van der Waals surface area contributed by atoms with E-state index in [2.05, 4.69) is 4.72 Å². The summed E-state index contributed by atoms with van der Waals surface area (Å²) in [6.45, 7) is 0. The van der Waals surface area contributed by atoms with Crippen LogP contribution in [-0.4, -0.2) is 11.4 Å². The van der Waals surface area contributed by atoms with Crippen LogP contribution in [0, 0.1) is 0 Å². The lowest BCUT2D eigenvalue weighted by Crippen LogP contribution is -1.81. The van der Waals surface area contributed by atoms with Gasteiger partial charge < -0.3 is 9.83 Å². The highest BCUT2D eigenvalue weighted by molar-refractivity contribution is 7.99. The lowest BCUT2D eigenvalue weighted by Gasteiger charge is -1.99. The normalized spacial score (nSPS) is 9.30. The molecule has 0 fully saturated rings. The van der Waals surface area contributed by atoms with Crippen molar-refractivity contribution in [2.45, 2.75) is 0 Å². The Morgan fingerprint density at radius 2 is 1.90 bits per heavy atom. The summed E-state index contributed by atoms with van der Waals surface area (Å²) in [6, 6.07) is 6.95. The molecule has 10 heavy (non-hydrogen) atoms. The SMILES string of the molecule is CSNc1ccc(O)cc1. The molecule has 0 heterocycles. The zero-order valence-electron chi connectivity index (χ0n) is 5.66. The molecular formula is C7H9NOS. The van der Waals surface area contributed by atoms with Crippen LogP contribution in [0.25, 0.3) is 0 Å².